The molecule has 2 saturated carbocycles. The van der Waals surface area contributed by atoms with Crippen LogP contribution in [0.1, 0.15) is 83.4 Å². The summed E-state index contributed by atoms with van der Waals surface area (Å²) in [5.74, 6) is 0. The molecular formula is C18H30N2O. The van der Waals surface area contributed by atoms with Gasteiger partial charge in [0.15, 0.2) is 0 Å². The minimum absolute atomic E-state index is 0.397. The summed E-state index contributed by atoms with van der Waals surface area (Å²) in [6, 6.07) is 2.71. The summed E-state index contributed by atoms with van der Waals surface area (Å²) in [5.41, 5.74) is 0.942. The number of rotatable bonds is 3. The first-order chi connectivity index (χ1) is 9.96. The van der Waals surface area contributed by atoms with Crippen molar-refractivity contribution >= 4 is 0 Å². The predicted molar refractivity (Wildman–Crippen MR) is 85.3 cm³/mol. The lowest BCUT2D eigenvalue weighted by Gasteiger charge is -2.40. The van der Waals surface area contributed by atoms with Gasteiger partial charge >= 0.3 is 0 Å². The number of nitrogens with zero attached hydrogens (tertiary/aromatic N) is 2. The first-order valence-electron chi connectivity index (χ1n) is 8.72. The topological polar surface area (TPSA) is 38.0 Å². The Kier molecular flexibility index (Phi) is 4.13. The molecule has 0 bridgehead atoms. The quantitative estimate of drug-likeness (QED) is 0.903. The third-order valence-corrected chi connectivity index (χ3v) is 5.66. The van der Waals surface area contributed by atoms with E-state index < -0.39 is 5.60 Å². The van der Waals surface area contributed by atoms with Crippen molar-refractivity contribution in [3.63, 3.8) is 0 Å². The molecule has 1 aromatic rings. The largest absolute Gasteiger partial charge is 0.389 e. The van der Waals surface area contributed by atoms with Gasteiger partial charge in [0.25, 0.3) is 0 Å². The van der Waals surface area contributed by atoms with Crippen LogP contribution in [0.4, 0.5) is 0 Å². The van der Waals surface area contributed by atoms with Crippen molar-refractivity contribution in [2.45, 2.75) is 89.7 Å². The lowest BCUT2D eigenvalue weighted by atomic mass is 9.70. The number of aliphatic hydroxyl groups is 1. The number of hydrogen-bond acceptors (Lipinski definition) is 2. The summed E-state index contributed by atoms with van der Waals surface area (Å²) < 4.78 is 2.16. The van der Waals surface area contributed by atoms with Crippen molar-refractivity contribution in [3.8, 4) is 0 Å². The Balaban J connectivity index is 1.61. The van der Waals surface area contributed by atoms with E-state index in [0.29, 0.717) is 11.5 Å². The summed E-state index contributed by atoms with van der Waals surface area (Å²) in [6.45, 7) is 4.62. The van der Waals surface area contributed by atoms with Crippen LogP contribution in [-0.2, 0) is 6.42 Å². The van der Waals surface area contributed by atoms with E-state index in [2.05, 4.69) is 30.8 Å². The van der Waals surface area contributed by atoms with Crippen LogP contribution < -0.4 is 0 Å². The van der Waals surface area contributed by atoms with Crippen LogP contribution in [0.25, 0.3) is 0 Å². The Labute approximate surface area is 128 Å². The minimum Gasteiger partial charge on any atom is -0.389 e. The molecule has 2 aliphatic rings. The molecule has 3 rings (SSSR count). The van der Waals surface area contributed by atoms with Gasteiger partial charge in [-0.2, -0.15) is 5.10 Å². The summed E-state index contributed by atoms with van der Waals surface area (Å²) in [5, 5.41) is 15.6. The standard InChI is InChI=1S/C18H30N2O/c1-17(2)9-11-18(21,12-10-17)14-15-8-13-20(19-15)16-6-4-3-5-7-16/h8,13,16,21H,3-7,9-12,14H2,1-2H3. The molecular weight excluding hydrogens is 260 g/mol. The van der Waals surface area contributed by atoms with E-state index in [-0.39, 0.29) is 0 Å². The van der Waals surface area contributed by atoms with Gasteiger partial charge in [-0.15, -0.1) is 0 Å². The Morgan fingerprint density at radius 1 is 1.14 bits per heavy atom. The molecule has 21 heavy (non-hydrogen) atoms. The number of aromatic nitrogens is 2. The van der Waals surface area contributed by atoms with Crippen LogP contribution in [0.5, 0.6) is 0 Å². The molecule has 0 radical (unpaired) electrons. The molecule has 0 atom stereocenters. The molecule has 3 heteroatoms. The van der Waals surface area contributed by atoms with Gasteiger partial charge in [0, 0.05) is 12.6 Å². The van der Waals surface area contributed by atoms with E-state index in [1.165, 1.54) is 32.1 Å². The predicted octanol–water partition coefficient (Wildman–Crippen LogP) is 4.26. The highest BCUT2D eigenvalue weighted by Crippen LogP contribution is 2.41. The van der Waals surface area contributed by atoms with E-state index in [0.717, 1.165) is 37.8 Å². The first kappa shape index (κ1) is 15.1. The molecule has 118 valence electrons. The molecule has 0 saturated heterocycles. The first-order valence-corrected chi connectivity index (χ1v) is 8.72. The highest BCUT2D eigenvalue weighted by atomic mass is 16.3. The maximum atomic E-state index is 10.8. The van der Waals surface area contributed by atoms with Crippen LogP contribution in [0.2, 0.25) is 0 Å². The SMILES string of the molecule is CC1(C)CCC(O)(Cc2ccn(C3CCCCC3)n2)CC1. The Morgan fingerprint density at radius 3 is 2.48 bits per heavy atom. The summed E-state index contributed by atoms with van der Waals surface area (Å²) >= 11 is 0. The van der Waals surface area contributed by atoms with E-state index in [1.807, 2.05) is 0 Å². The third kappa shape index (κ3) is 3.68. The van der Waals surface area contributed by atoms with Gasteiger partial charge in [0.05, 0.1) is 17.3 Å². The molecule has 0 aliphatic heterocycles. The van der Waals surface area contributed by atoms with Gasteiger partial charge in [-0.05, 0) is 50.0 Å². The van der Waals surface area contributed by atoms with Crippen LogP contribution in [0.3, 0.4) is 0 Å². The highest BCUT2D eigenvalue weighted by Gasteiger charge is 2.37. The minimum atomic E-state index is -0.527. The molecule has 1 N–H and O–H groups in total. The fraction of sp³-hybridized carbons (Fsp3) is 0.833. The van der Waals surface area contributed by atoms with E-state index in [4.69, 9.17) is 5.10 Å². The Bertz CT molecular complexity index is 461. The van der Waals surface area contributed by atoms with Crippen LogP contribution in [0.15, 0.2) is 12.3 Å². The number of hydrogen-bond donors (Lipinski definition) is 1. The van der Waals surface area contributed by atoms with Gasteiger partial charge in [0.2, 0.25) is 0 Å². The molecule has 3 nitrogen and oxygen atoms in total. The van der Waals surface area contributed by atoms with Crippen LogP contribution in [0, 0.1) is 5.41 Å². The monoisotopic (exact) mass is 290 g/mol. The molecule has 2 aliphatic carbocycles. The fourth-order valence-corrected chi connectivity index (χ4v) is 3.93. The second kappa shape index (κ2) is 5.75. The van der Waals surface area contributed by atoms with Crippen molar-refractivity contribution in [1.82, 2.24) is 9.78 Å². The second-order valence-electron chi connectivity index (χ2n) is 8.14. The third-order valence-electron chi connectivity index (χ3n) is 5.66. The molecule has 0 aromatic carbocycles. The average Bonchev–Trinajstić information content (AvgIpc) is 2.92. The van der Waals surface area contributed by atoms with E-state index in [1.54, 1.807) is 0 Å². The van der Waals surface area contributed by atoms with Crippen molar-refractivity contribution in [1.29, 1.82) is 0 Å². The maximum Gasteiger partial charge on any atom is 0.0704 e. The van der Waals surface area contributed by atoms with Gasteiger partial charge in [-0.1, -0.05) is 33.1 Å². The van der Waals surface area contributed by atoms with Gasteiger partial charge in [0.1, 0.15) is 0 Å². The summed E-state index contributed by atoms with van der Waals surface area (Å²) in [6.07, 6.45) is 13.5. The lowest BCUT2D eigenvalue weighted by molar-refractivity contribution is -0.0259. The second-order valence-corrected chi connectivity index (χ2v) is 8.14. The van der Waals surface area contributed by atoms with Gasteiger partial charge < -0.3 is 5.11 Å². The van der Waals surface area contributed by atoms with Crippen molar-refractivity contribution in [3.05, 3.63) is 18.0 Å². The average molecular weight is 290 g/mol. The molecule has 0 unspecified atom stereocenters. The maximum absolute atomic E-state index is 10.8. The molecule has 0 spiro atoms. The smallest absolute Gasteiger partial charge is 0.0704 e. The molecule has 1 heterocycles. The van der Waals surface area contributed by atoms with Crippen molar-refractivity contribution in [2.75, 3.05) is 0 Å². The van der Waals surface area contributed by atoms with E-state index in [9.17, 15) is 5.11 Å². The fourth-order valence-electron chi connectivity index (χ4n) is 3.93. The van der Waals surface area contributed by atoms with E-state index >= 15 is 0 Å². The van der Waals surface area contributed by atoms with Gasteiger partial charge in [-0.25, -0.2) is 0 Å². The van der Waals surface area contributed by atoms with Gasteiger partial charge in [-0.3, -0.25) is 4.68 Å². The molecule has 0 amide bonds. The zero-order valence-corrected chi connectivity index (χ0v) is 13.6. The molecule has 1 aromatic heterocycles. The Morgan fingerprint density at radius 2 is 1.81 bits per heavy atom. The zero-order valence-electron chi connectivity index (χ0n) is 13.6. The van der Waals surface area contributed by atoms with Crippen LogP contribution >= 0.6 is 0 Å². The Hall–Kier alpha value is -0.830. The summed E-state index contributed by atoms with van der Waals surface area (Å²) in [7, 11) is 0. The molecule has 2 fully saturated rings. The highest BCUT2D eigenvalue weighted by molar-refractivity contribution is 5.06. The zero-order chi connectivity index (χ0) is 14.9. The summed E-state index contributed by atoms with van der Waals surface area (Å²) in [4.78, 5) is 0. The van der Waals surface area contributed by atoms with Crippen molar-refractivity contribution < 1.29 is 5.11 Å². The van der Waals surface area contributed by atoms with Crippen LogP contribution in [-0.4, -0.2) is 20.5 Å². The lowest BCUT2D eigenvalue weighted by Crippen LogP contribution is -2.38. The normalized spacial score (nSPS) is 25.9. The van der Waals surface area contributed by atoms with Crippen molar-refractivity contribution in [2.24, 2.45) is 5.41 Å².